The number of rotatable bonds is 3. The highest BCUT2D eigenvalue weighted by molar-refractivity contribution is 5.90. The quantitative estimate of drug-likeness (QED) is 0.834. The van der Waals surface area contributed by atoms with Crippen LogP contribution in [-0.2, 0) is 4.79 Å². The Kier molecular flexibility index (Phi) is 3.40. The molecule has 1 unspecified atom stereocenters. The van der Waals surface area contributed by atoms with Crippen LogP contribution in [0.25, 0.3) is 0 Å². The lowest BCUT2D eigenvalue weighted by Gasteiger charge is -2.16. The van der Waals surface area contributed by atoms with Gasteiger partial charge in [-0.05, 0) is 18.2 Å². The lowest BCUT2D eigenvalue weighted by atomic mass is 10.1. The molecule has 0 aliphatic heterocycles. The molecule has 17 heavy (non-hydrogen) atoms. The van der Waals surface area contributed by atoms with Crippen molar-refractivity contribution < 1.29 is 9.90 Å². The number of carboxylic acids is 1. The van der Waals surface area contributed by atoms with E-state index in [0.29, 0.717) is 5.57 Å². The molecule has 0 radical (unpaired) electrons. The third-order valence-corrected chi connectivity index (χ3v) is 2.48. The number of hydrogen-bond acceptors (Lipinski definition) is 2. The Morgan fingerprint density at radius 1 is 1.12 bits per heavy atom. The van der Waals surface area contributed by atoms with Crippen molar-refractivity contribution in [3.63, 3.8) is 0 Å². The second-order valence-corrected chi connectivity index (χ2v) is 3.68. The summed E-state index contributed by atoms with van der Waals surface area (Å²) in [7, 11) is 0. The lowest BCUT2D eigenvalue weighted by Crippen LogP contribution is -2.24. The maximum atomic E-state index is 11.1. The summed E-state index contributed by atoms with van der Waals surface area (Å²) in [6, 6.07) is 9.24. The number of para-hydroxylation sites is 1. The Balaban J connectivity index is 2.22. The number of anilines is 1. The molecule has 1 aliphatic carbocycles. The van der Waals surface area contributed by atoms with Gasteiger partial charge in [0.1, 0.15) is 0 Å². The molecule has 3 heteroatoms. The predicted octanol–water partition coefficient (Wildman–Crippen LogP) is 2.60. The normalized spacial score (nSPS) is 18.4. The molecule has 1 aromatic rings. The fourth-order valence-corrected chi connectivity index (χ4v) is 1.65. The van der Waals surface area contributed by atoms with Gasteiger partial charge in [0.2, 0.25) is 0 Å². The summed E-state index contributed by atoms with van der Waals surface area (Å²) < 4.78 is 0. The summed E-state index contributed by atoms with van der Waals surface area (Å²) in [5, 5.41) is 12.3. The maximum absolute atomic E-state index is 11.1. The zero-order valence-electron chi connectivity index (χ0n) is 9.21. The highest BCUT2D eigenvalue weighted by atomic mass is 16.4. The predicted molar refractivity (Wildman–Crippen MR) is 67.9 cm³/mol. The SMILES string of the molecule is O=C(O)C1=CC=CC=CC1Nc1ccccc1. The summed E-state index contributed by atoms with van der Waals surface area (Å²) in [4.78, 5) is 11.1. The molecule has 0 saturated heterocycles. The van der Waals surface area contributed by atoms with Gasteiger partial charge in [-0.15, -0.1) is 0 Å². The van der Waals surface area contributed by atoms with E-state index in [1.54, 1.807) is 12.2 Å². The molecular weight excluding hydrogens is 214 g/mol. The molecule has 1 aromatic carbocycles. The molecule has 0 heterocycles. The van der Waals surface area contributed by atoms with Crippen LogP contribution in [0, 0.1) is 0 Å². The van der Waals surface area contributed by atoms with Gasteiger partial charge in [-0.1, -0.05) is 42.5 Å². The molecule has 3 nitrogen and oxygen atoms in total. The van der Waals surface area contributed by atoms with Crippen molar-refractivity contribution in [2.75, 3.05) is 5.32 Å². The molecule has 0 amide bonds. The van der Waals surface area contributed by atoms with Crippen LogP contribution in [0.1, 0.15) is 0 Å². The van der Waals surface area contributed by atoms with E-state index in [0.717, 1.165) is 5.69 Å². The van der Waals surface area contributed by atoms with E-state index < -0.39 is 5.97 Å². The molecule has 0 bridgehead atoms. The maximum Gasteiger partial charge on any atom is 0.334 e. The van der Waals surface area contributed by atoms with Crippen LogP contribution in [-0.4, -0.2) is 17.1 Å². The highest BCUT2D eigenvalue weighted by Gasteiger charge is 2.17. The van der Waals surface area contributed by atoms with Crippen LogP contribution in [0.3, 0.4) is 0 Å². The van der Waals surface area contributed by atoms with Crippen molar-refractivity contribution in [3.8, 4) is 0 Å². The smallest absolute Gasteiger partial charge is 0.334 e. The van der Waals surface area contributed by atoms with Crippen LogP contribution in [0.2, 0.25) is 0 Å². The molecule has 2 N–H and O–H groups in total. The molecule has 0 saturated carbocycles. The van der Waals surface area contributed by atoms with Gasteiger partial charge >= 0.3 is 5.97 Å². The van der Waals surface area contributed by atoms with E-state index >= 15 is 0 Å². The van der Waals surface area contributed by atoms with Gasteiger partial charge in [0.25, 0.3) is 0 Å². The van der Waals surface area contributed by atoms with Gasteiger partial charge in [-0.2, -0.15) is 0 Å². The minimum absolute atomic E-state index is 0.315. The number of aliphatic carboxylic acids is 1. The van der Waals surface area contributed by atoms with Crippen LogP contribution in [0.4, 0.5) is 5.69 Å². The van der Waals surface area contributed by atoms with Gasteiger partial charge < -0.3 is 10.4 Å². The Hall–Kier alpha value is -2.29. The Labute approximate surface area is 99.8 Å². The number of allylic oxidation sites excluding steroid dienone is 4. The number of carbonyl (C=O) groups is 1. The Bertz CT molecular complexity index is 486. The minimum atomic E-state index is -0.908. The van der Waals surface area contributed by atoms with Crippen molar-refractivity contribution >= 4 is 11.7 Å². The first-order valence-electron chi connectivity index (χ1n) is 5.37. The van der Waals surface area contributed by atoms with E-state index in [1.165, 1.54) is 0 Å². The van der Waals surface area contributed by atoms with E-state index in [-0.39, 0.29) is 6.04 Å². The van der Waals surface area contributed by atoms with Crippen LogP contribution in [0.15, 0.2) is 66.3 Å². The molecule has 0 spiro atoms. The van der Waals surface area contributed by atoms with Gasteiger partial charge in [0.05, 0.1) is 11.6 Å². The summed E-state index contributed by atoms with van der Waals surface area (Å²) in [6.07, 6.45) is 8.83. The van der Waals surface area contributed by atoms with Crippen molar-refractivity contribution in [1.82, 2.24) is 0 Å². The molecule has 86 valence electrons. The third kappa shape index (κ3) is 2.84. The Morgan fingerprint density at radius 2 is 1.88 bits per heavy atom. The van der Waals surface area contributed by atoms with E-state index in [9.17, 15) is 4.79 Å². The molecule has 2 rings (SSSR count). The van der Waals surface area contributed by atoms with Gasteiger partial charge in [0, 0.05) is 5.69 Å². The van der Waals surface area contributed by atoms with E-state index in [1.807, 2.05) is 48.6 Å². The minimum Gasteiger partial charge on any atom is -0.478 e. The number of hydrogen-bond donors (Lipinski definition) is 2. The van der Waals surface area contributed by atoms with Crippen molar-refractivity contribution in [2.45, 2.75) is 6.04 Å². The number of carboxylic acid groups (broad SMARTS) is 1. The van der Waals surface area contributed by atoms with Crippen molar-refractivity contribution in [3.05, 3.63) is 66.3 Å². The van der Waals surface area contributed by atoms with E-state index in [4.69, 9.17) is 5.11 Å². The summed E-state index contributed by atoms with van der Waals surface area (Å²) >= 11 is 0. The standard InChI is InChI=1S/C14H13NO2/c16-14(17)12-9-5-2-6-10-13(12)15-11-7-3-1-4-8-11/h1-10,13,15H,(H,16,17). The molecule has 1 atom stereocenters. The second-order valence-electron chi connectivity index (χ2n) is 3.68. The summed E-state index contributed by atoms with van der Waals surface area (Å²) in [6.45, 7) is 0. The summed E-state index contributed by atoms with van der Waals surface area (Å²) in [5.74, 6) is -0.908. The van der Waals surface area contributed by atoms with Gasteiger partial charge in [-0.3, -0.25) is 0 Å². The topological polar surface area (TPSA) is 49.3 Å². The van der Waals surface area contributed by atoms with Crippen LogP contribution < -0.4 is 5.32 Å². The first-order chi connectivity index (χ1) is 8.27. The first kappa shape index (κ1) is 11.2. The molecule has 0 fully saturated rings. The Morgan fingerprint density at radius 3 is 2.59 bits per heavy atom. The average Bonchev–Trinajstić information content (AvgIpc) is 2.56. The molecular formula is C14H13NO2. The third-order valence-electron chi connectivity index (χ3n) is 2.48. The zero-order chi connectivity index (χ0) is 12.1. The highest BCUT2D eigenvalue weighted by Crippen LogP contribution is 2.15. The fourth-order valence-electron chi connectivity index (χ4n) is 1.65. The monoisotopic (exact) mass is 227 g/mol. The van der Waals surface area contributed by atoms with Gasteiger partial charge in [-0.25, -0.2) is 4.79 Å². The number of benzene rings is 1. The van der Waals surface area contributed by atoms with Crippen LogP contribution in [0.5, 0.6) is 0 Å². The first-order valence-corrected chi connectivity index (χ1v) is 5.37. The molecule has 1 aliphatic rings. The zero-order valence-corrected chi connectivity index (χ0v) is 9.21. The largest absolute Gasteiger partial charge is 0.478 e. The summed E-state index contributed by atoms with van der Waals surface area (Å²) in [5.41, 5.74) is 1.23. The lowest BCUT2D eigenvalue weighted by molar-refractivity contribution is -0.132. The number of nitrogens with one attached hydrogen (secondary N) is 1. The van der Waals surface area contributed by atoms with Crippen molar-refractivity contribution in [2.24, 2.45) is 0 Å². The second kappa shape index (κ2) is 5.16. The van der Waals surface area contributed by atoms with Crippen molar-refractivity contribution in [1.29, 1.82) is 0 Å². The van der Waals surface area contributed by atoms with E-state index in [2.05, 4.69) is 5.32 Å². The average molecular weight is 227 g/mol. The van der Waals surface area contributed by atoms with Crippen LogP contribution >= 0.6 is 0 Å². The molecule has 0 aromatic heterocycles. The fraction of sp³-hybridized carbons (Fsp3) is 0.0714. The van der Waals surface area contributed by atoms with Gasteiger partial charge in [0.15, 0.2) is 0 Å².